The van der Waals surface area contributed by atoms with Gasteiger partial charge in [-0.1, -0.05) is 0 Å². The van der Waals surface area contributed by atoms with Crippen LogP contribution < -0.4 is 5.32 Å². The van der Waals surface area contributed by atoms with E-state index in [1.54, 1.807) is 18.5 Å². The lowest BCUT2D eigenvalue weighted by molar-refractivity contribution is 0.0903. The van der Waals surface area contributed by atoms with Crippen LogP contribution in [0.25, 0.3) is 0 Å². The van der Waals surface area contributed by atoms with E-state index in [9.17, 15) is 4.79 Å². The molecule has 0 aromatic carbocycles. The van der Waals surface area contributed by atoms with Crippen molar-refractivity contribution in [3.05, 3.63) is 28.5 Å². The summed E-state index contributed by atoms with van der Waals surface area (Å²) in [6.45, 7) is 5.07. The van der Waals surface area contributed by atoms with Gasteiger partial charge in [0.25, 0.3) is 5.91 Å². The Labute approximate surface area is 139 Å². The van der Waals surface area contributed by atoms with Gasteiger partial charge in [-0.2, -0.15) is 0 Å². The van der Waals surface area contributed by atoms with Gasteiger partial charge in [-0.25, -0.2) is 0 Å². The third-order valence-corrected chi connectivity index (χ3v) is 4.86. The van der Waals surface area contributed by atoms with Gasteiger partial charge in [0.1, 0.15) is 0 Å². The van der Waals surface area contributed by atoms with E-state index in [1.165, 1.54) is 6.42 Å². The first-order chi connectivity index (χ1) is 10.7. The quantitative estimate of drug-likeness (QED) is 0.884. The van der Waals surface area contributed by atoms with Crippen molar-refractivity contribution in [2.75, 3.05) is 32.8 Å². The fourth-order valence-electron chi connectivity index (χ4n) is 3.16. The minimum absolute atomic E-state index is 0.0311. The number of ether oxygens (including phenoxy) is 1. The number of likely N-dealkylation sites (tertiary alicyclic amines) is 1. The number of carbonyl (C=O) groups is 1. The predicted molar refractivity (Wildman–Crippen MR) is 87.8 cm³/mol. The Morgan fingerprint density at radius 2 is 2.18 bits per heavy atom. The number of pyridine rings is 1. The first-order valence-corrected chi connectivity index (χ1v) is 8.71. The number of halogens is 1. The average molecular weight is 368 g/mol. The Morgan fingerprint density at radius 3 is 2.86 bits per heavy atom. The largest absolute Gasteiger partial charge is 0.381 e. The van der Waals surface area contributed by atoms with Crippen molar-refractivity contribution in [3.8, 4) is 0 Å². The molecule has 0 spiro atoms. The normalized spacial score (nSPS) is 23.6. The highest BCUT2D eigenvalue weighted by atomic mass is 79.9. The molecule has 2 aliphatic heterocycles. The van der Waals surface area contributed by atoms with E-state index in [0.717, 1.165) is 50.2 Å². The molecule has 6 heteroatoms. The van der Waals surface area contributed by atoms with Crippen LogP contribution in [0.5, 0.6) is 0 Å². The number of rotatable bonds is 4. The highest BCUT2D eigenvalue weighted by molar-refractivity contribution is 9.10. The highest BCUT2D eigenvalue weighted by Crippen LogP contribution is 2.18. The number of piperidine rings is 1. The van der Waals surface area contributed by atoms with Crippen LogP contribution in [0.4, 0.5) is 0 Å². The molecule has 3 rings (SSSR count). The maximum atomic E-state index is 12.2. The molecule has 0 bridgehead atoms. The van der Waals surface area contributed by atoms with Crippen molar-refractivity contribution in [2.45, 2.75) is 25.3 Å². The van der Waals surface area contributed by atoms with Gasteiger partial charge in [-0.3, -0.25) is 9.78 Å². The van der Waals surface area contributed by atoms with E-state index in [4.69, 9.17) is 4.74 Å². The Morgan fingerprint density at radius 1 is 1.36 bits per heavy atom. The fraction of sp³-hybridized carbons (Fsp3) is 0.625. The fourth-order valence-corrected chi connectivity index (χ4v) is 3.52. The van der Waals surface area contributed by atoms with E-state index < -0.39 is 0 Å². The second kappa shape index (κ2) is 7.53. The van der Waals surface area contributed by atoms with Crippen LogP contribution in [0.15, 0.2) is 22.9 Å². The lowest BCUT2D eigenvalue weighted by Gasteiger charge is -2.33. The van der Waals surface area contributed by atoms with Crippen LogP contribution in [0, 0.1) is 5.92 Å². The Balaban J connectivity index is 1.44. The van der Waals surface area contributed by atoms with E-state index in [1.807, 2.05) is 0 Å². The van der Waals surface area contributed by atoms with Crippen molar-refractivity contribution in [1.82, 2.24) is 15.2 Å². The molecule has 2 fully saturated rings. The van der Waals surface area contributed by atoms with E-state index in [2.05, 4.69) is 31.1 Å². The molecule has 0 unspecified atom stereocenters. The average Bonchev–Trinajstić information content (AvgIpc) is 3.02. The maximum Gasteiger partial charge on any atom is 0.253 e. The molecule has 22 heavy (non-hydrogen) atoms. The van der Waals surface area contributed by atoms with Crippen LogP contribution in [0.1, 0.15) is 29.6 Å². The zero-order valence-electron chi connectivity index (χ0n) is 12.6. The zero-order valence-corrected chi connectivity index (χ0v) is 14.2. The van der Waals surface area contributed by atoms with Crippen molar-refractivity contribution in [2.24, 2.45) is 5.92 Å². The molecular formula is C16H22BrN3O2. The maximum absolute atomic E-state index is 12.2. The van der Waals surface area contributed by atoms with Crippen molar-refractivity contribution >= 4 is 21.8 Å². The van der Waals surface area contributed by atoms with Gasteiger partial charge in [-0.15, -0.1) is 0 Å². The zero-order chi connectivity index (χ0) is 15.4. The molecule has 0 saturated carbocycles. The monoisotopic (exact) mass is 367 g/mol. The summed E-state index contributed by atoms with van der Waals surface area (Å²) in [5.41, 5.74) is 0.611. The number of hydrogen-bond acceptors (Lipinski definition) is 4. The van der Waals surface area contributed by atoms with Crippen molar-refractivity contribution in [3.63, 3.8) is 0 Å². The van der Waals surface area contributed by atoms with E-state index in [-0.39, 0.29) is 11.9 Å². The molecule has 1 amide bonds. The Hall–Kier alpha value is -0.980. The smallest absolute Gasteiger partial charge is 0.253 e. The first kappa shape index (κ1) is 15.9. The molecule has 5 nitrogen and oxygen atoms in total. The molecule has 1 atom stereocenters. The molecule has 1 N–H and O–H groups in total. The van der Waals surface area contributed by atoms with Crippen LogP contribution in [-0.4, -0.2) is 54.7 Å². The minimum Gasteiger partial charge on any atom is -0.381 e. The highest BCUT2D eigenvalue weighted by Gasteiger charge is 2.24. The number of nitrogens with one attached hydrogen (secondary N) is 1. The predicted octanol–water partition coefficient (Wildman–Crippen LogP) is 2.07. The SMILES string of the molecule is O=C(NC1CCN(C[C@H]2CCOC2)CC1)c1cncc(Br)c1. The summed E-state index contributed by atoms with van der Waals surface area (Å²) in [6.07, 6.45) is 6.51. The minimum atomic E-state index is -0.0311. The summed E-state index contributed by atoms with van der Waals surface area (Å²) in [6, 6.07) is 2.07. The third-order valence-electron chi connectivity index (χ3n) is 4.43. The van der Waals surface area contributed by atoms with Crippen molar-refractivity contribution < 1.29 is 9.53 Å². The molecule has 120 valence electrons. The van der Waals surface area contributed by atoms with Crippen LogP contribution in [-0.2, 0) is 4.74 Å². The second-order valence-electron chi connectivity index (χ2n) is 6.17. The summed E-state index contributed by atoms with van der Waals surface area (Å²) >= 11 is 3.35. The van der Waals surface area contributed by atoms with Gasteiger partial charge in [0.05, 0.1) is 12.2 Å². The Bertz CT molecular complexity index is 512. The second-order valence-corrected chi connectivity index (χ2v) is 7.09. The molecule has 1 aromatic rings. The standard InChI is InChI=1S/C16H22BrN3O2/c17-14-7-13(8-18-9-14)16(21)19-15-1-4-20(5-2-15)10-12-3-6-22-11-12/h7-9,12,15H,1-6,10-11H2,(H,19,21)/t12-/m1/s1. The molecule has 3 heterocycles. The molecule has 2 aliphatic rings. The van der Waals surface area contributed by atoms with Gasteiger partial charge in [0.15, 0.2) is 0 Å². The van der Waals surface area contributed by atoms with Crippen molar-refractivity contribution in [1.29, 1.82) is 0 Å². The van der Waals surface area contributed by atoms with Gasteiger partial charge >= 0.3 is 0 Å². The molecule has 0 radical (unpaired) electrons. The number of aromatic nitrogens is 1. The topological polar surface area (TPSA) is 54.5 Å². The van der Waals surface area contributed by atoms with E-state index >= 15 is 0 Å². The lowest BCUT2D eigenvalue weighted by Crippen LogP contribution is -2.45. The number of carbonyl (C=O) groups excluding carboxylic acids is 1. The molecule has 0 aliphatic carbocycles. The summed E-state index contributed by atoms with van der Waals surface area (Å²) in [5.74, 6) is 0.662. The number of hydrogen-bond donors (Lipinski definition) is 1. The number of nitrogens with zero attached hydrogens (tertiary/aromatic N) is 2. The molecule has 1 aromatic heterocycles. The third kappa shape index (κ3) is 4.27. The lowest BCUT2D eigenvalue weighted by atomic mass is 10.0. The Kier molecular flexibility index (Phi) is 5.44. The summed E-state index contributed by atoms with van der Waals surface area (Å²) in [4.78, 5) is 18.8. The van der Waals surface area contributed by atoms with E-state index in [0.29, 0.717) is 11.5 Å². The van der Waals surface area contributed by atoms with Gasteiger partial charge in [0.2, 0.25) is 0 Å². The van der Waals surface area contributed by atoms with Gasteiger partial charge in [-0.05, 0) is 47.2 Å². The number of amides is 1. The summed E-state index contributed by atoms with van der Waals surface area (Å²) in [5, 5.41) is 3.13. The summed E-state index contributed by atoms with van der Waals surface area (Å²) < 4.78 is 6.27. The first-order valence-electron chi connectivity index (χ1n) is 7.92. The summed E-state index contributed by atoms with van der Waals surface area (Å²) in [7, 11) is 0. The van der Waals surface area contributed by atoms with Gasteiger partial charge < -0.3 is 15.0 Å². The van der Waals surface area contributed by atoms with Crippen LogP contribution >= 0.6 is 15.9 Å². The van der Waals surface area contributed by atoms with Crippen LogP contribution in [0.2, 0.25) is 0 Å². The molecular weight excluding hydrogens is 346 g/mol. The van der Waals surface area contributed by atoms with Crippen LogP contribution in [0.3, 0.4) is 0 Å². The van der Waals surface area contributed by atoms with Gasteiger partial charge in [0, 0.05) is 49.1 Å². The molecule has 2 saturated heterocycles.